The van der Waals surface area contributed by atoms with E-state index in [2.05, 4.69) is 5.32 Å². The molecule has 8 heteroatoms. The molecule has 1 N–H and O–H groups in total. The van der Waals surface area contributed by atoms with E-state index in [0.29, 0.717) is 18.8 Å². The minimum atomic E-state index is -0.557. The molecule has 0 unspecified atom stereocenters. The van der Waals surface area contributed by atoms with Gasteiger partial charge in [-0.1, -0.05) is 24.9 Å². The number of unbranched alkanes of at least 4 members (excludes halogenated alkanes) is 1. The average molecular weight is 340 g/mol. The van der Waals surface area contributed by atoms with Gasteiger partial charge in [-0.25, -0.2) is 0 Å². The quantitative estimate of drug-likeness (QED) is 0.637. The van der Waals surface area contributed by atoms with Gasteiger partial charge < -0.3 is 10.2 Å². The molecule has 0 radical (unpaired) electrons. The van der Waals surface area contributed by atoms with Crippen molar-refractivity contribution in [2.45, 2.75) is 26.2 Å². The third kappa shape index (κ3) is 4.19. The van der Waals surface area contributed by atoms with Gasteiger partial charge in [0.2, 0.25) is 11.8 Å². The van der Waals surface area contributed by atoms with E-state index < -0.39 is 10.8 Å². The second-order valence-corrected chi connectivity index (χ2v) is 5.91. The zero-order chi connectivity index (χ0) is 17.0. The number of benzene rings is 1. The molecule has 1 aliphatic heterocycles. The summed E-state index contributed by atoms with van der Waals surface area (Å²) in [5.41, 5.74) is 0.163. The normalized spacial score (nSPS) is 17.4. The lowest BCUT2D eigenvalue weighted by Gasteiger charge is -2.16. The maximum atomic E-state index is 12.3. The lowest BCUT2D eigenvalue weighted by molar-refractivity contribution is -0.384. The molecule has 0 saturated carbocycles. The number of carbonyl (C=O) groups is 2. The van der Waals surface area contributed by atoms with Crippen LogP contribution in [0.1, 0.15) is 26.2 Å². The largest absolute Gasteiger partial charge is 0.342 e. The number of rotatable bonds is 6. The molecule has 0 bridgehead atoms. The van der Waals surface area contributed by atoms with Crippen LogP contribution >= 0.6 is 11.6 Å². The second-order valence-electron chi connectivity index (χ2n) is 5.50. The van der Waals surface area contributed by atoms with E-state index in [4.69, 9.17) is 11.6 Å². The minimum Gasteiger partial charge on any atom is -0.342 e. The molecule has 1 fully saturated rings. The zero-order valence-electron chi connectivity index (χ0n) is 12.8. The molecule has 1 aliphatic rings. The molecule has 1 atom stereocenters. The van der Waals surface area contributed by atoms with Crippen molar-refractivity contribution in [3.63, 3.8) is 0 Å². The Morgan fingerprint density at radius 3 is 2.87 bits per heavy atom. The molecule has 0 aliphatic carbocycles. The first-order valence-electron chi connectivity index (χ1n) is 7.45. The van der Waals surface area contributed by atoms with Gasteiger partial charge in [-0.3, -0.25) is 19.7 Å². The van der Waals surface area contributed by atoms with Gasteiger partial charge in [-0.15, -0.1) is 0 Å². The molecule has 0 aromatic heterocycles. The number of nitro benzene ring substituents is 1. The molecule has 1 aromatic carbocycles. The summed E-state index contributed by atoms with van der Waals surface area (Å²) in [6, 6.07) is 3.85. The second kappa shape index (κ2) is 7.41. The van der Waals surface area contributed by atoms with Crippen LogP contribution in [0.4, 0.5) is 11.4 Å². The third-order valence-electron chi connectivity index (χ3n) is 3.79. The van der Waals surface area contributed by atoms with E-state index in [0.717, 1.165) is 12.8 Å². The first-order chi connectivity index (χ1) is 10.9. The summed E-state index contributed by atoms with van der Waals surface area (Å²) in [6.45, 7) is 3.11. The summed E-state index contributed by atoms with van der Waals surface area (Å²) in [6.07, 6.45) is 2.08. The summed E-state index contributed by atoms with van der Waals surface area (Å²) in [7, 11) is 0. The van der Waals surface area contributed by atoms with E-state index in [1.165, 1.54) is 18.2 Å². The van der Waals surface area contributed by atoms with Gasteiger partial charge >= 0.3 is 0 Å². The van der Waals surface area contributed by atoms with Crippen LogP contribution in [0, 0.1) is 16.0 Å². The molecule has 23 heavy (non-hydrogen) atoms. The van der Waals surface area contributed by atoms with Crippen LogP contribution in [0.2, 0.25) is 5.02 Å². The van der Waals surface area contributed by atoms with Gasteiger partial charge in [0, 0.05) is 31.6 Å². The van der Waals surface area contributed by atoms with Gasteiger partial charge in [0.05, 0.1) is 21.6 Å². The number of nitrogens with zero attached hydrogens (tertiary/aromatic N) is 2. The van der Waals surface area contributed by atoms with Crippen molar-refractivity contribution in [2.75, 3.05) is 18.4 Å². The molecule has 2 amide bonds. The number of hydrogen-bond donors (Lipinski definition) is 1. The van der Waals surface area contributed by atoms with Crippen molar-refractivity contribution in [2.24, 2.45) is 5.92 Å². The summed E-state index contributed by atoms with van der Waals surface area (Å²) >= 11 is 5.95. The van der Waals surface area contributed by atoms with Crippen LogP contribution in [-0.4, -0.2) is 34.7 Å². The van der Waals surface area contributed by atoms with Gasteiger partial charge in [-0.05, 0) is 12.5 Å². The zero-order valence-corrected chi connectivity index (χ0v) is 13.5. The Morgan fingerprint density at radius 2 is 2.26 bits per heavy atom. The maximum absolute atomic E-state index is 12.3. The average Bonchev–Trinajstić information content (AvgIpc) is 2.88. The molecule has 2 rings (SSSR count). The van der Waals surface area contributed by atoms with E-state index >= 15 is 0 Å². The van der Waals surface area contributed by atoms with Gasteiger partial charge in [-0.2, -0.15) is 0 Å². The van der Waals surface area contributed by atoms with Crippen LogP contribution in [0.5, 0.6) is 0 Å². The Labute approximate surface area is 138 Å². The summed E-state index contributed by atoms with van der Waals surface area (Å²) in [5.74, 6) is -0.743. The number of halogens is 1. The number of carbonyl (C=O) groups excluding carboxylic acids is 2. The number of amides is 2. The molecule has 0 spiro atoms. The number of anilines is 1. The Balaban J connectivity index is 2.00. The molecule has 1 heterocycles. The van der Waals surface area contributed by atoms with Crippen LogP contribution < -0.4 is 5.32 Å². The van der Waals surface area contributed by atoms with Gasteiger partial charge in [0.15, 0.2) is 0 Å². The fourth-order valence-corrected chi connectivity index (χ4v) is 2.69. The molecule has 1 aromatic rings. The number of nitrogens with one attached hydrogen (secondary N) is 1. The Hall–Kier alpha value is -2.15. The van der Waals surface area contributed by atoms with Crippen molar-refractivity contribution >= 4 is 34.8 Å². The van der Waals surface area contributed by atoms with Gasteiger partial charge in [0.25, 0.3) is 5.69 Å². The number of nitro groups is 1. The van der Waals surface area contributed by atoms with Crippen LogP contribution in [0.25, 0.3) is 0 Å². The first kappa shape index (κ1) is 17.2. The number of non-ortho nitro benzene ring substituents is 1. The topological polar surface area (TPSA) is 92.6 Å². The summed E-state index contributed by atoms with van der Waals surface area (Å²) in [4.78, 5) is 36.0. The van der Waals surface area contributed by atoms with Crippen molar-refractivity contribution in [1.29, 1.82) is 0 Å². The third-order valence-corrected chi connectivity index (χ3v) is 4.10. The monoisotopic (exact) mass is 339 g/mol. The molecule has 124 valence electrons. The van der Waals surface area contributed by atoms with Crippen molar-refractivity contribution < 1.29 is 14.5 Å². The Kier molecular flexibility index (Phi) is 5.54. The molecule has 1 saturated heterocycles. The number of likely N-dealkylation sites (tertiary alicyclic amines) is 1. The molecular formula is C15H18ClN3O4. The fourth-order valence-electron chi connectivity index (χ4n) is 2.47. The van der Waals surface area contributed by atoms with E-state index in [1.54, 1.807) is 4.90 Å². The lowest BCUT2D eigenvalue weighted by atomic mass is 10.1. The summed E-state index contributed by atoms with van der Waals surface area (Å²) in [5, 5.41) is 13.4. The van der Waals surface area contributed by atoms with E-state index in [-0.39, 0.29) is 28.9 Å². The van der Waals surface area contributed by atoms with Crippen LogP contribution in [0.15, 0.2) is 18.2 Å². The van der Waals surface area contributed by atoms with Crippen LogP contribution in [-0.2, 0) is 9.59 Å². The van der Waals surface area contributed by atoms with Gasteiger partial charge in [0.1, 0.15) is 0 Å². The number of hydrogen-bond acceptors (Lipinski definition) is 4. The highest BCUT2D eigenvalue weighted by molar-refractivity contribution is 6.34. The highest BCUT2D eigenvalue weighted by Crippen LogP contribution is 2.28. The van der Waals surface area contributed by atoms with Crippen molar-refractivity contribution in [1.82, 2.24) is 4.90 Å². The first-order valence-corrected chi connectivity index (χ1v) is 7.82. The Morgan fingerprint density at radius 1 is 1.52 bits per heavy atom. The standard InChI is InChI=1S/C15H18ClN3O4/c1-2-3-6-18-9-10(7-14(18)20)15(21)17-13-5-4-11(19(22)23)8-12(13)16/h4-5,8,10H,2-3,6-7,9H2,1H3,(H,17,21)/t10-/m1/s1. The molecular weight excluding hydrogens is 322 g/mol. The molecule has 7 nitrogen and oxygen atoms in total. The highest BCUT2D eigenvalue weighted by atomic mass is 35.5. The minimum absolute atomic E-state index is 0.0200. The Bertz CT molecular complexity index is 635. The van der Waals surface area contributed by atoms with E-state index in [1.807, 2.05) is 6.92 Å². The van der Waals surface area contributed by atoms with Crippen LogP contribution in [0.3, 0.4) is 0 Å². The van der Waals surface area contributed by atoms with Crippen molar-refractivity contribution in [3.8, 4) is 0 Å². The maximum Gasteiger partial charge on any atom is 0.271 e. The SMILES string of the molecule is CCCCN1C[C@H](C(=O)Nc2ccc([N+](=O)[O-])cc2Cl)CC1=O. The fraction of sp³-hybridized carbons (Fsp3) is 0.467. The highest BCUT2D eigenvalue weighted by Gasteiger charge is 2.34. The predicted octanol–water partition coefficient (Wildman–Crippen LogP) is 2.84. The van der Waals surface area contributed by atoms with Crippen molar-refractivity contribution in [3.05, 3.63) is 33.3 Å². The summed E-state index contributed by atoms with van der Waals surface area (Å²) < 4.78 is 0. The predicted molar refractivity (Wildman–Crippen MR) is 86.3 cm³/mol. The lowest BCUT2D eigenvalue weighted by Crippen LogP contribution is -2.29. The smallest absolute Gasteiger partial charge is 0.271 e. The van der Waals surface area contributed by atoms with E-state index in [9.17, 15) is 19.7 Å².